The fraction of sp³-hybridized carbons (Fsp3) is 0.273. The van der Waals surface area contributed by atoms with Crippen molar-refractivity contribution in [1.29, 1.82) is 0 Å². The molecule has 4 aromatic rings. The van der Waals surface area contributed by atoms with E-state index < -0.39 is 0 Å². The molecule has 4 rings (SSSR count). The van der Waals surface area contributed by atoms with Gasteiger partial charge < -0.3 is 14.5 Å². The third-order valence-electron chi connectivity index (χ3n) is 4.92. The summed E-state index contributed by atoms with van der Waals surface area (Å²) in [6.07, 6.45) is 6.59. The SMILES string of the molecule is CCCCCCc1cc2c(=O)c(-c3nc4ccccc4[nH]3)coc2cc1O. The summed E-state index contributed by atoms with van der Waals surface area (Å²) in [5.74, 6) is 0.669. The van der Waals surface area contributed by atoms with Crippen molar-refractivity contribution in [3.05, 3.63) is 58.4 Å². The second-order valence-corrected chi connectivity index (χ2v) is 6.87. The van der Waals surface area contributed by atoms with E-state index in [1.807, 2.05) is 24.3 Å². The lowest BCUT2D eigenvalue weighted by atomic mass is 10.0. The van der Waals surface area contributed by atoms with Crippen molar-refractivity contribution in [2.45, 2.75) is 39.0 Å². The largest absolute Gasteiger partial charge is 0.508 e. The van der Waals surface area contributed by atoms with E-state index >= 15 is 0 Å². The van der Waals surface area contributed by atoms with Crippen molar-refractivity contribution in [3.8, 4) is 17.1 Å². The molecule has 0 aliphatic heterocycles. The number of imidazole rings is 1. The predicted molar refractivity (Wildman–Crippen MR) is 107 cm³/mol. The fourth-order valence-electron chi connectivity index (χ4n) is 3.40. The number of H-pyrrole nitrogens is 1. The Morgan fingerprint density at radius 1 is 1.15 bits per heavy atom. The molecule has 0 spiro atoms. The van der Waals surface area contributed by atoms with Crippen LogP contribution in [0.1, 0.15) is 38.2 Å². The number of phenols is 1. The molecule has 138 valence electrons. The summed E-state index contributed by atoms with van der Waals surface area (Å²) in [4.78, 5) is 20.7. The van der Waals surface area contributed by atoms with Gasteiger partial charge >= 0.3 is 0 Å². The summed E-state index contributed by atoms with van der Waals surface area (Å²) in [5, 5.41) is 10.7. The molecule has 0 bridgehead atoms. The van der Waals surface area contributed by atoms with Crippen LogP contribution >= 0.6 is 0 Å². The Labute approximate surface area is 156 Å². The van der Waals surface area contributed by atoms with Crippen LogP contribution in [0, 0.1) is 0 Å². The van der Waals surface area contributed by atoms with Crippen molar-refractivity contribution >= 4 is 22.0 Å². The Morgan fingerprint density at radius 3 is 2.81 bits per heavy atom. The summed E-state index contributed by atoms with van der Waals surface area (Å²) in [6, 6.07) is 10.9. The van der Waals surface area contributed by atoms with Gasteiger partial charge in [-0.2, -0.15) is 0 Å². The lowest BCUT2D eigenvalue weighted by Crippen LogP contribution is -2.06. The van der Waals surface area contributed by atoms with E-state index in [0.717, 1.165) is 42.3 Å². The molecule has 0 amide bonds. The van der Waals surface area contributed by atoms with E-state index in [4.69, 9.17) is 4.42 Å². The van der Waals surface area contributed by atoms with Crippen molar-refractivity contribution < 1.29 is 9.52 Å². The highest BCUT2D eigenvalue weighted by molar-refractivity contribution is 5.85. The molecule has 2 N–H and O–H groups in total. The molecule has 0 aliphatic rings. The highest BCUT2D eigenvalue weighted by Gasteiger charge is 2.15. The maximum atomic E-state index is 13.0. The van der Waals surface area contributed by atoms with E-state index in [9.17, 15) is 9.90 Å². The molecule has 2 aromatic heterocycles. The number of fused-ring (bicyclic) bond motifs is 2. The van der Waals surface area contributed by atoms with Crippen molar-refractivity contribution in [1.82, 2.24) is 9.97 Å². The lowest BCUT2D eigenvalue weighted by Gasteiger charge is -2.07. The summed E-state index contributed by atoms with van der Waals surface area (Å²) in [5.41, 5.74) is 3.08. The van der Waals surface area contributed by atoms with Gasteiger partial charge in [0.15, 0.2) is 0 Å². The Morgan fingerprint density at radius 2 is 2.00 bits per heavy atom. The molecular formula is C22H22N2O3. The number of hydrogen-bond acceptors (Lipinski definition) is 4. The molecule has 0 saturated carbocycles. The first-order valence-corrected chi connectivity index (χ1v) is 9.40. The first-order chi connectivity index (χ1) is 13.2. The molecule has 27 heavy (non-hydrogen) atoms. The van der Waals surface area contributed by atoms with Gasteiger partial charge in [0.1, 0.15) is 29.0 Å². The molecular weight excluding hydrogens is 340 g/mol. The quantitative estimate of drug-likeness (QED) is 0.464. The first kappa shape index (κ1) is 17.3. The maximum absolute atomic E-state index is 13.0. The molecule has 2 heterocycles. The second-order valence-electron chi connectivity index (χ2n) is 6.87. The highest BCUT2D eigenvalue weighted by Crippen LogP contribution is 2.27. The number of aryl methyl sites for hydroxylation is 1. The minimum Gasteiger partial charge on any atom is -0.508 e. The Hall–Kier alpha value is -3.08. The molecule has 0 fully saturated rings. The zero-order valence-corrected chi connectivity index (χ0v) is 15.3. The molecule has 0 saturated heterocycles. The van der Waals surface area contributed by atoms with Gasteiger partial charge in [0.25, 0.3) is 0 Å². The Bertz CT molecular complexity index is 1120. The molecule has 0 atom stereocenters. The number of hydrogen-bond donors (Lipinski definition) is 2. The lowest BCUT2D eigenvalue weighted by molar-refractivity contribution is 0.465. The third kappa shape index (κ3) is 3.33. The average Bonchev–Trinajstić information content (AvgIpc) is 3.10. The fourth-order valence-corrected chi connectivity index (χ4v) is 3.40. The third-order valence-corrected chi connectivity index (χ3v) is 4.92. The van der Waals surface area contributed by atoms with Gasteiger partial charge in [0.2, 0.25) is 5.43 Å². The number of nitrogens with zero attached hydrogens (tertiary/aromatic N) is 1. The predicted octanol–water partition coefficient (Wildman–Crippen LogP) is 5.16. The topological polar surface area (TPSA) is 79.1 Å². The zero-order chi connectivity index (χ0) is 18.8. The molecule has 0 aliphatic carbocycles. The van der Waals surface area contributed by atoms with Crippen LogP contribution < -0.4 is 5.43 Å². The molecule has 2 aromatic carbocycles. The standard InChI is InChI=1S/C22H22N2O3/c1-2-3-4-5-8-14-11-15-20(12-19(14)25)27-13-16(21(15)26)22-23-17-9-6-7-10-18(17)24-22/h6-7,9-13,25H,2-5,8H2,1H3,(H,23,24). The minimum absolute atomic E-state index is 0.148. The molecule has 0 radical (unpaired) electrons. The van der Waals surface area contributed by atoms with Crippen LogP contribution in [0.5, 0.6) is 5.75 Å². The minimum atomic E-state index is -0.148. The Kier molecular flexibility index (Phi) is 4.67. The van der Waals surface area contributed by atoms with Gasteiger partial charge in [-0.25, -0.2) is 4.98 Å². The smallest absolute Gasteiger partial charge is 0.203 e. The van der Waals surface area contributed by atoms with Gasteiger partial charge in [0.05, 0.1) is 16.4 Å². The summed E-state index contributed by atoms with van der Waals surface area (Å²) >= 11 is 0. The highest BCUT2D eigenvalue weighted by atomic mass is 16.3. The van der Waals surface area contributed by atoms with E-state index in [2.05, 4.69) is 16.9 Å². The number of aromatic amines is 1. The van der Waals surface area contributed by atoms with Crippen LogP contribution in [0.3, 0.4) is 0 Å². The van der Waals surface area contributed by atoms with Crippen LogP contribution in [-0.4, -0.2) is 15.1 Å². The van der Waals surface area contributed by atoms with E-state index in [1.54, 1.807) is 6.07 Å². The number of unbranched alkanes of at least 4 members (excludes halogenated alkanes) is 3. The van der Waals surface area contributed by atoms with E-state index in [1.165, 1.54) is 18.8 Å². The average molecular weight is 362 g/mol. The number of rotatable bonds is 6. The van der Waals surface area contributed by atoms with Gasteiger partial charge in [-0.15, -0.1) is 0 Å². The van der Waals surface area contributed by atoms with Crippen LogP contribution in [0.2, 0.25) is 0 Å². The Balaban J connectivity index is 1.75. The number of aromatic hydroxyl groups is 1. The van der Waals surface area contributed by atoms with Crippen LogP contribution in [-0.2, 0) is 6.42 Å². The number of benzene rings is 2. The summed E-state index contributed by atoms with van der Waals surface area (Å²) < 4.78 is 5.63. The monoisotopic (exact) mass is 362 g/mol. The van der Waals surface area contributed by atoms with Crippen LogP contribution in [0.4, 0.5) is 0 Å². The van der Waals surface area contributed by atoms with Crippen LogP contribution in [0.25, 0.3) is 33.4 Å². The number of aromatic nitrogens is 2. The van der Waals surface area contributed by atoms with Crippen molar-refractivity contribution in [2.24, 2.45) is 0 Å². The summed E-state index contributed by atoms with van der Waals surface area (Å²) in [6.45, 7) is 2.16. The van der Waals surface area contributed by atoms with Gasteiger partial charge in [-0.05, 0) is 36.6 Å². The number of phenolic OH excluding ortho intramolecular Hbond substituents is 1. The van der Waals surface area contributed by atoms with E-state index in [0.29, 0.717) is 22.4 Å². The van der Waals surface area contributed by atoms with Gasteiger partial charge in [-0.1, -0.05) is 38.3 Å². The first-order valence-electron chi connectivity index (χ1n) is 9.40. The number of nitrogens with one attached hydrogen (secondary N) is 1. The zero-order valence-electron chi connectivity index (χ0n) is 15.3. The molecule has 5 heteroatoms. The van der Waals surface area contributed by atoms with Gasteiger partial charge in [0, 0.05) is 6.07 Å². The summed E-state index contributed by atoms with van der Waals surface area (Å²) in [7, 11) is 0. The normalized spacial score (nSPS) is 11.4. The van der Waals surface area contributed by atoms with Crippen molar-refractivity contribution in [3.63, 3.8) is 0 Å². The number of para-hydroxylation sites is 2. The van der Waals surface area contributed by atoms with Crippen LogP contribution in [0.15, 0.2) is 51.9 Å². The second kappa shape index (κ2) is 7.27. The van der Waals surface area contributed by atoms with E-state index in [-0.39, 0.29) is 11.2 Å². The van der Waals surface area contributed by atoms with Crippen molar-refractivity contribution in [2.75, 3.05) is 0 Å². The van der Waals surface area contributed by atoms with Gasteiger partial charge in [-0.3, -0.25) is 4.79 Å². The maximum Gasteiger partial charge on any atom is 0.203 e. The molecule has 0 unspecified atom stereocenters. The molecule has 5 nitrogen and oxygen atoms in total.